The number of hydrogen-bond acceptors (Lipinski definition) is 2. The van der Waals surface area contributed by atoms with E-state index in [4.69, 9.17) is 0 Å². The molecule has 0 amide bonds. The standard InChI is InChI=1S/C10H9IN2O2/c11-5-6-13-9(14)7-3-1-2-4-8(7)12-10(13)15/h1-4H,5-6H2,(H,12,15). The number of H-pyrrole nitrogens is 1. The fourth-order valence-corrected chi connectivity index (χ4v) is 1.97. The number of aromatic amines is 1. The minimum absolute atomic E-state index is 0.217. The van der Waals surface area contributed by atoms with Gasteiger partial charge in [0, 0.05) is 11.0 Å². The summed E-state index contributed by atoms with van der Waals surface area (Å²) in [5.74, 6) is 0. The van der Waals surface area contributed by atoms with Gasteiger partial charge < -0.3 is 4.98 Å². The van der Waals surface area contributed by atoms with Crippen LogP contribution >= 0.6 is 22.6 Å². The average molecular weight is 316 g/mol. The van der Waals surface area contributed by atoms with Crippen molar-refractivity contribution in [2.24, 2.45) is 0 Å². The van der Waals surface area contributed by atoms with Gasteiger partial charge in [0.05, 0.1) is 10.9 Å². The predicted molar refractivity (Wildman–Crippen MR) is 67.7 cm³/mol. The Morgan fingerprint density at radius 1 is 1.27 bits per heavy atom. The third-order valence-corrected chi connectivity index (χ3v) is 2.68. The molecule has 78 valence electrons. The van der Waals surface area contributed by atoms with Gasteiger partial charge in [0.15, 0.2) is 0 Å². The minimum Gasteiger partial charge on any atom is -0.307 e. The van der Waals surface area contributed by atoms with Gasteiger partial charge in [-0.15, -0.1) is 0 Å². The van der Waals surface area contributed by atoms with E-state index >= 15 is 0 Å². The molecule has 0 saturated carbocycles. The van der Waals surface area contributed by atoms with Gasteiger partial charge >= 0.3 is 5.69 Å². The van der Waals surface area contributed by atoms with Gasteiger partial charge in [0.25, 0.3) is 5.56 Å². The van der Waals surface area contributed by atoms with E-state index in [-0.39, 0.29) is 11.2 Å². The van der Waals surface area contributed by atoms with Crippen LogP contribution in [0, 0.1) is 0 Å². The van der Waals surface area contributed by atoms with Gasteiger partial charge in [-0.3, -0.25) is 9.36 Å². The highest BCUT2D eigenvalue weighted by molar-refractivity contribution is 14.1. The molecule has 0 aliphatic heterocycles. The molecule has 0 fully saturated rings. The summed E-state index contributed by atoms with van der Waals surface area (Å²) in [7, 11) is 0. The van der Waals surface area contributed by atoms with E-state index in [1.54, 1.807) is 24.3 Å². The largest absolute Gasteiger partial charge is 0.328 e. The molecule has 0 radical (unpaired) electrons. The van der Waals surface area contributed by atoms with Crippen molar-refractivity contribution < 1.29 is 0 Å². The lowest BCUT2D eigenvalue weighted by molar-refractivity contribution is 0.697. The van der Waals surface area contributed by atoms with E-state index in [2.05, 4.69) is 27.6 Å². The average Bonchev–Trinajstić information content (AvgIpc) is 2.24. The van der Waals surface area contributed by atoms with Crippen LogP contribution in [-0.2, 0) is 6.54 Å². The Bertz CT molecular complexity index is 600. The summed E-state index contributed by atoms with van der Waals surface area (Å²) in [5.41, 5.74) is 0.0404. The Morgan fingerprint density at radius 3 is 2.73 bits per heavy atom. The molecule has 1 heterocycles. The molecule has 1 N–H and O–H groups in total. The molecular weight excluding hydrogens is 307 g/mol. The number of aromatic nitrogens is 2. The molecule has 0 saturated heterocycles. The van der Waals surface area contributed by atoms with Crippen LogP contribution in [0.4, 0.5) is 0 Å². The van der Waals surface area contributed by atoms with E-state index in [0.29, 0.717) is 17.4 Å². The second-order valence-corrected chi connectivity index (χ2v) is 4.20. The Morgan fingerprint density at radius 2 is 2.00 bits per heavy atom. The van der Waals surface area contributed by atoms with Crippen LogP contribution in [-0.4, -0.2) is 14.0 Å². The van der Waals surface area contributed by atoms with Crippen molar-refractivity contribution >= 4 is 33.5 Å². The quantitative estimate of drug-likeness (QED) is 0.667. The number of para-hydroxylation sites is 1. The highest BCUT2D eigenvalue weighted by Gasteiger charge is 2.05. The van der Waals surface area contributed by atoms with Gasteiger partial charge in [-0.25, -0.2) is 4.79 Å². The summed E-state index contributed by atoms with van der Waals surface area (Å²) in [4.78, 5) is 26.1. The summed E-state index contributed by atoms with van der Waals surface area (Å²) < 4.78 is 1.97. The molecule has 4 nitrogen and oxygen atoms in total. The molecule has 0 atom stereocenters. The predicted octanol–water partition coefficient (Wildman–Crippen LogP) is 1.12. The minimum atomic E-state index is -0.338. The fraction of sp³-hybridized carbons (Fsp3) is 0.200. The number of nitrogens with one attached hydrogen (secondary N) is 1. The van der Waals surface area contributed by atoms with Crippen molar-refractivity contribution in [3.63, 3.8) is 0 Å². The maximum atomic E-state index is 11.9. The van der Waals surface area contributed by atoms with E-state index in [1.165, 1.54) is 4.57 Å². The zero-order valence-corrected chi connectivity index (χ0v) is 10.0. The van der Waals surface area contributed by atoms with Crippen LogP contribution in [0.15, 0.2) is 33.9 Å². The molecule has 0 aliphatic rings. The van der Waals surface area contributed by atoms with Crippen LogP contribution in [0.2, 0.25) is 0 Å². The first kappa shape index (κ1) is 10.4. The van der Waals surface area contributed by atoms with Gasteiger partial charge in [-0.2, -0.15) is 0 Å². The van der Waals surface area contributed by atoms with Crippen molar-refractivity contribution in [1.82, 2.24) is 9.55 Å². The summed E-state index contributed by atoms with van der Waals surface area (Å²) in [6.45, 7) is 0.444. The molecule has 0 aliphatic carbocycles. The second-order valence-electron chi connectivity index (χ2n) is 3.12. The number of benzene rings is 1. The molecule has 0 spiro atoms. The normalized spacial score (nSPS) is 10.7. The number of alkyl halides is 1. The van der Waals surface area contributed by atoms with Crippen molar-refractivity contribution in [2.75, 3.05) is 4.43 Å². The molecule has 0 unspecified atom stereocenters. The Hall–Kier alpha value is -1.11. The molecule has 0 bridgehead atoms. The molecule has 2 aromatic rings. The molecule has 1 aromatic carbocycles. The summed E-state index contributed by atoms with van der Waals surface area (Å²) in [6, 6.07) is 7.03. The number of halogens is 1. The van der Waals surface area contributed by atoms with Crippen molar-refractivity contribution in [2.45, 2.75) is 6.54 Å². The fourth-order valence-electron chi connectivity index (χ4n) is 1.49. The summed E-state index contributed by atoms with van der Waals surface area (Å²) in [6.07, 6.45) is 0. The molecule has 2 rings (SSSR count). The van der Waals surface area contributed by atoms with E-state index in [1.807, 2.05) is 0 Å². The molecule has 5 heteroatoms. The summed E-state index contributed by atoms with van der Waals surface area (Å²) >= 11 is 2.14. The van der Waals surface area contributed by atoms with E-state index in [9.17, 15) is 9.59 Å². The number of rotatable bonds is 2. The first-order chi connectivity index (χ1) is 7.24. The maximum absolute atomic E-state index is 11.9. The lowest BCUT2D eigenvalue weighted by Crippen LogP contribution is -2.35. The van der Waals surface area contributed by atoms with Gasteiger partial charge in [0.1, 0.15) is 0 Å². The number of nitrogens with zero attached hydrogens (tertiary/aromatic N) is 1. The van der Waals surface area contributed by atoms with Gasteiger partial charge in [0.2, 0.25) is 0 Å². The van der Waals surface area contributed by atoms with Gasteiger partial charge in [-0.1, -0.05) is 34.7 Å². The summed E-state index contributed by atoms with van der Waals surface area (Å²) in [5, 5.41) is 0.557. The van der Waals surface area contributed by atoms with E-state index < -0.39 is 0 Å². The first-order valence-corrected chi connectivity index (χ1v) is 6.04. The van der Waals surface area contributed by atoms with Crippen molar-refractivity contribution in [1.29, 1.82) is 0 Å². The maximum Gasteiger partial charge on any atom is 0.328 e. The Labute approximate surface area is 99.1 Å². The lowest BCUT2D eigenvalue weighted by Gasteiger charge is -2.03. The third-order valence-electron chi connectivity index (χ3n) is 2.20. The van der Waals surface area contributed by atoms with Crippen LogP contribution in [0.25, 0.3) is 10.9 Å². The van der Waals surface area contributed by atoms with Crippen molar-refractivity contribution in [3.05, 3.63) is 45.1 Å². The zero-order chi connectivity index (χ0) is 10.8. The van der Waals surface area contributed by atoms with E-state index in [0.717, 1.165) is 4.43 Å². The Kier molecular flexibility index (Phi) is 2.90. The van der Waals surface area contributed by atoms with Gasteiger partial charge in [-0.05, 0) is 12.1 Å². The number of fused-ring (bicyclic) bond motifs is 1. The number of hydrogen-bond donors (Lipinski definition) is 1. The molecular formula is C10H9IN2O2. The second kappa shape index (κ2) is 4.18. The monoisotopic (exact) mass is 316 g/mol. The van der Waals surface area contributed by atoms with Crippen LogP contribution < -0.4 is 11.2 Å². The SMILES string of the molecule is O=c1[nH]c2ccccc2c(=O)n1CCI. The third kappa shape index (κ3) is 1.83. The highest BCUT2D eigenvalue weighted by atomic mass is 127. The zero-order valence-electron chi connectivity index (χ0n) is 7.87. The Balaban J connectivity index is 2.85. The van der Waals surface area contributed by atoms with Crippen LogP contribution in [0.3, 0.4) is 0 Å². The lowest BCUT2D eigenvalue weighted by atomic mass is 10.2. The highest BCUT2D eigenvalue weighted by Crippen LogP contribution is 2.02. The first-order valence-electron chi connectivity index (χ1n) is 4.52. The van der Waals surface area contributed by atoms with Crippen LogP contribution in [0.5, 0.6) is 0 Å². The molecule has 1 aromatic heterocycles. The smallest absolute Gasteiger partial charge is 0.307 e. The molecule has 15 heavy (non-hydrogen) atoms. The topological polar surface area (TPSA) is 54.9 Å². The van der Waals surface area contributed by atoms with Crippen molar-refractivity contribution in [3.8, 4) is 0 Å². The van der Waals surface area contributed by atoms with Crippen LogP contribution in [0.1, 0.15) is 0 Å².